The van der Waals surface area contributed by atoms with E-state index >= 15 is 0 Å². The van der Waals surface area contributed by atoms with Crippen molar-refractivity contribution in [2.75, 3.05) is 31.5 Å². The van der Waals surface area contributed by atoms with E-state index in [2.05, 4.69) is 10.0 Å². The van der Waals surface area contributed by atoms with Gasteiger partial charge in [-0.15, -0.1) is 0 Å². The van der Waals surface area contributed by atoms with Crippen LogP contribution in [-0.2, 0) is 10.0 Å². The molecule has 38 heavy (non-hydrogen) atoms. The summed E-state index contributed by atoms with van der Waals surface area (Å²) in [5.74, 6) is -1.30. The Morgan fingerprint density at radius 2 is 1.87 bits per heavy atom. The van der Waals surface area contributed by atoms with Crippen LogP contribution in [0.4, 0.5) is 14.9 Å². The lowest BCUT2D eigenvalue weighted by Crippen LogP contribution is -2.51. The van der Waals surface area contributed by atoms with Crippen LogP contribution in [0, 0.1) is 11.7 Å². The number of nitrogens with zero attached hydrogens (tertiary/aromatic N) is 2. The number of benzene rings is 2. The summed E-state index contributed by atoms with van der Waals surface area (Å²) in [6.07, 6.45) is -0.630. The second-order valence-electron chi connectivity index (χ2n) is 9.85. The summed E-state index contributed by atoms with van der Waals surface area (Å²) in [4.78, 5) is 29.0. The maximum atomic E-state index is 13.6. The van der Waals surface area contributed by atoms with Crippen LogP contribution >= 0.6 is 0 Å². The predicted octanol–water partition coefficient (Wildman–Crippen LogP) is 2.90. The Morgan fingerprint density at radius 3 is 2.47 bits per heavy atom. The molecule has 12 heteroatoms. The number of rotatable bonds is 8. The number of sulfonamides is 1. The lowest BCUT2D eigenvalue weighted by Gasteiger charge is -2.38. The SMILES string of the molecule is CC(C)NC(=O)N(C)C[C@H]1Oc2c(NS(=O)(=O)c3ccc(F)cc3)cccc2C(=O)N([C@H](C)CO)C[C@H]1C. The van der Waals surface area contributed by atoms with E-state index in [9.17, 15) is 27.5 Å². The molecule has 0 saturated heterocycles. The molecule has 1 aliphatic heterocycles. The molecule has 2 aromatic carbocycles. The molecule has 0 spiro atoms. The molecule has 0 aliphatic carbocycles. The molecule has 1 aliphatic rings. The number of carbonyl (C=O) groups is 2. The topological polar surface area (TPSA) is 128 Å². The average molecular weight is 551 g/mol. The molecular weight excluding hydrogens is 515 g/mol. The van der Waals surface area contributed by atoms with Gasteiger partial charge < -0.3 is 25.0 Å². The highest BCUT2D eigenvalue weighted by Gasteiger charge is 2.35. The summed E-state index contributed by atoms with van der Waals surface area (Å²) >= 11 is 0. The lowest BCUT2D eigenvalue weighted by atomic mass is 9.99. The molecule has 1 heterocycles. The van der Waals surface area contributed by atoms with Gasteiger partial charge in [-0.1, -0.05) is 13.0 Å². The van der Waals surface area contributed by atoms with Crippen molar-refractivity contribution < 1.29 is 32.2 Å². The van der Waals surface area contributed by atoms with Gasteiger partial charge in [0.1, 0.15) is 11.9 Å². The van der Waals surface area contributed by atoms with Gasteiger partial charge in [0.05, 0.1) is 35.3 Å². The second-order valence-corrected chi connectivity index (χ2v) is 11.5. The molecule has 3 N–H and O–H groups in total. The van der Waals surface area contributed by atoms with Gasteiger partial charge in [0.2, 0.25) is 0 Å². The zero-order valence-corrected chi connectivity index (χ0v) is 23.0. The standard InChI is InChI=1S/C26H35FN4O6S/c1-16(2)28-26(34)30(5)14-23-17(3)13-31(18(4)15-32)25(33)21-7-6-8-22(24(21)37-23)29-38(35,36)20-11-9-19(27)10-12-20/h6-12,16-18,23,29,32H,13-15H2,1-5H3,(H,28,34)/t17-,18-,23-/m1/s1. The van der Waals surface area contributed by atoms with Gasteiger partial charge in [-0.25, -0.2) is 17.6 Å². The molecule has 2 aromatic rings. The highest BCUT2D eigenvalue weighted by Crippen LogP contribution is 2.36. The van der Waals surface area contributed by atoms with Gasteiger partial charge in [0.15, 0.2) is 5.75 Å². The third kappa shape index (κ3) is 6.73. The third-order valence-corrected chi connectivity index (χ3v) is 7.65. The van der Waals surface area contributed by atoms with Crippen molar-refractivity contribution in [3.8, 4) is 5.75 Å². The number of anilines is 1. The van der Waals surface area contributed by atoms with Gasteiger partial charge >= 0.3 is 6.03 Å². The van der Waals surface area contributed by atoms with E-state index in [1.54, 1.807) is 14.0 Å². The number of fused-ring (bicyclic) bond motifs is 1. The van der Waals surface area contributed by atoms with E-state index in [-0.39, 0.29) is 59.6 Å². The van der Waals surface area contributed by atoms with E-state index in [1.165, 1.54) is 28.0 Å². The van der Waals surface area contributed by atoms with Crippen LogP contribution in [0.1, 0.15) is 38.1 Å². The Kier molecular flexibility index (Phi) is 9.21. The molecule has 0 saturated carbocycles. The largest absolute Gasteiger partial charge is 0.485 e. The zero-order chi connectivity index (χ0) is 28.2. The molecule has 3 rings (SSSR count). The minimum atomic E-state index is -4.15. The molecule has 0 radical (unpaired) electrons. The van der Waals surface area contributed by atoms with E-state index in [0.29, 0.717) is 0 Å². The van der Waals surface area contributed by atoms with Crippen LogP contribution in [-0.4, -0.2) is 80.2 Å². The molecule has 0 fully saturated rings. The smallest absolute Gasteiger partial charge is 0.317 e. The van der Waals surface area contributed by atoms with Crippen LogP contribution in [0.3, 0.4) is 0 Å². The first kappa shape index (κ1) is 29.2. The number of likely N-dealkylation sites (N-methyl/N-ethyl adjacent to an activating group) is 1. The molecule has 10 nitrogen and oxygen atoms in total. The van der Waals surface area contributed by atoms with E-state index in [0.717, 1.165) is 24.3 Å². The Labute approximate surface area is 222 Å². The Hall–Kier alpha value is -3.38. The zero-order valence-electron chi connectivity index (χ0n) is 22.1. The quantitative estimate of drug-likeness (QED) is 0.464. The van der Waals surface area contributed by atoms with Crippen LogP contribution < -0.4 is 14.8 Å². The van der Waals surface area contributed by atoms with Gasteiger partial charge in [-0.05, 0) is 57.2 Å². The van der Waals surface area contributed by atoms with E-state index in [1.807, 2.05) is 20.8 Å². The van der Waals surface area contributed by atoms with Crippen molar-refractivity contribution in [2.24, 2.45) is 5.92 Å². The highest BCUT2D eigenvalue weighted by molar-refractivity contribution is 7.92. The minimum Gasteiger partial charge on any atom is -0.485 e. The van der Waals surface area contributed by atoms with Gasteiger partial charge in [-0.3, -0.25) is 9.52 Å². The first-order chi connectivity index (χ1) is 17.8. The Balaban J connectivity index is 2.05. The molecule has 3 atom stereocenters. The fraction of sp³-hybridized carbons (Fsp3) is 0.462. The first-order valence-corrected chi connectivity index (χ1v) is 13.8. The number of hydrogen-bond acceptors (Lipinski definition) is 6. The maximum absolute atomic E-state index is 13.6. The van der Waals surface area contributed by atoms with E-state index in [4.69, 9.17) is 4.74 Å². The Bertz CT molecular complexity index is 1250. The normalized spacial score (nSPS) is 18.6. The average Bonchev–Trinajstić information content (AvgIpc) is 2.85. The summed E-state index contributed by atoms with van der Waals surface area (Å²) in [6.45, 7) is 7.38. The van der Waals surface area contributed by atoms with Crippen LogP contribution in [0.2, 0.25) is 0 Å². The van der Waals surface area contributed by atoms with Gasteiger partial charge in [0, 0.05) is 25.6 Å². The fourth-order valence-electron chi connectivity index (χ4n) is 4.07. The number of hydrogen-bond donors (Lipinski definition) is 3. The minimum absolute atomic E-state index is 0.00699. The predicted molar refractivity (Wildman–Crippen MR) is 141 cm³/mol. The number of aliphatic hydroxyl groups excluding tert-OH is 1. The number of urea groups is 1. The van der Waals surface area contributed by atoms with Gasteiger partial charge in [-0.2, -0.15) is 0 Å². The number of nitrogens with one attached hydrogen (secondary N) is 2. The number of aliphatic hydroxyl groups is 1. The summed E-state index contributed by atoms with van der Waals surface area (Å²) in [5, 5.41) is 12.6. The van der Waals surface area contributed by atoms with Gasteiger partial charge in [0.25, 0.3) is 15.9 Å². The van der Waals surface area contributed by atoms with Crippen LogP contribution in [0.15, 0.2) is 47.4 Å². The van der Waals surface area contributed by atoms with Crippen molar-refractivity contribution in [2.45, 2.75) is 50.8 Å². The summed E-state index contributed by atoms with van der Waals surface area (Å²) in [6, 6.07) is 7.95. The fourth-order valence-corrected chi connectivity index (χ4v) is 5.13. The van der Waals surface area contributed by atoms with Crippen LogP contribution in [0.5, 0.6) is 5.75 Å². The summed E-state index contributed by atoms with van der Waals surface area (Å²) in [7, 11) is -2.53. The molecular formula is C26H35FN4O6S. The van der Waals surface area contributed by atoms with Crippen molar-refractivity contribution in [1.29, 1.82) is 0 Å². The molecule has 0 aromatic heterocycles. The summed E-state index contributed by atoms with van der Waals surface area (Å²) < 4.78 is 48.3. The highest BCUT2D eigenvalue weighted by atomic mass is 32.2. The number of amides is 3. The van der Waals surface area contributed by atoms with Crippen molar-refractivity contribution in [1.82, 2.24) is 15.1 Å². The number of carbonyl (C=O) groups excluding carboxylic acids is 2. The monoisotopic (exact) mass is 550 g/mol. The number of ether oxygens (including phenoxy) is 1. The molecule has 0 unspecified atom stereocenters. The third-order valence-electron chi connectivity index (χ3n) is 6.27. The van der Waals surface area contributed by atoms with E-state index < -0.39 is 33.9 Å². The first-order valence-electron chi connectivity index (χ1n) is 12.4. The number of halogens is 1. The molecule has 3 amide bonds. The Morgan fingerprint density at radius 1 is 1.21 bits per heavy atom. The van der Waals surface area contributed by atoms with Crippen LogP contribution in [0.25, 0.3) is 0 Å². The second kappa shape index (κ2) is 12.0. The molecule has 208 valence electrons. The maximum Gasteiger partial charge on any atom is 0.317 e. The van der Waals surface area contributed by atoms with Crippen molar-refractivity contribution >= 4 is 27.6 Å². The van der Waals surface area contributed by atoms with Crippen molar-refractivity contribution in [3.05, 3.63) is 53.8 Å². The molecule has 0 bridgehead atoms. The lowest BCUT2D eigenvalue weighted by molar-refractivity contribution is 0.0369. The van der Waals surface area contributed by atoms with Crippen molar-refractivity contribution in [3.63, 3.8) is 0 Å². The summed E-state index contributed by atoms with van der Waals surface area (Å²) in [5.41, 5.74) is 0.126. The number of para-hydroxylation sites is 1.